The number of aromatic nitrogens is 2. The van der Waals surface area contributed by atoms with Crippen molar-refractivity contribution in [2.24, 2.45) is 14.1 Å². The van der Waals surface area contributed by atoms with Crippen LogP contribution in [0.2, 0.25) is 0 Å². The van der Waals surface area contributed by atoms with Crippen LogP contribution in [0.5, 0.6) is 0 Å². The predicted molar refractivity (Wildman–Crippen MR) is 84.3 cm³/mol. The highest BCUT2D eigenvalue weighted by molar-refractivity contribution is 5.74. The van der Waals surface area contributed by atoms with Crippen molar-refractivity contribution < 1.29 is 17.9 Å². The molecule has 0 fully saturated rings. The lowest BCUT2D eigenvalue weighted by Gasteiger charge is -2.11. The van der Waals surface area contributed by atoms with Gasteiger partial charge < -0.3 is 0 Å². The van der Waals surface area contributed by atoms with Gasteiger partial charge in [0.2, 0.25) is 11.4 Å². The first-order valence-electron chi connectivity index (χ1n) is 7.39. The molecule has 4 heteroatoms. The van der Waals surface area contributed by atoms with Crippen molar-refractivity contribution in [2.75, 3.05) is 0 Å². The normalized spacial score (nSPS) is 10.8. The topological polar surface area (TPSA) is 7.76 Å². The average Bonchev–Trinajstić information content (AvgIpc) is 2.50. The number of nitrogens with zero attached hydrogens (tertiary/aromatic N) is 2. The maximum Gasteiger partial charge on any atom is 0.215 e. The molecule has 0 amide bonds. The van der Waals surface area contributed by atoms with Crippen LogP contribution < -0.4 is 9.13 Å². The van der Waals surface area contributed by atoms with Gasteiger partial charge in [0, 0.05) is 30.3 Å². The van der Waals surface area contributed by atoms with Crippen molar-refractivity contribution in [3.8, 4) is 22.5 Å². The maximum absolute atomic E-state index is 14.5. The van der Waals surface area contributed by atoms with Gasteiger partial charge in [-0.15, -0.1) is 0 Å². The molecule has 0 spiro atoms. The van der Waals surface area contributed by atoms with E-state index in [1.165, 1.54) is 0 Å². The predicted octanol–water partition coefficient (Wildman–Crippen LogP) is 3.26. The monoisotopic (exact) mass is 312 g/mol. The largest absolute Gasteiger partial charge is 0.215 e. The molecular formula is C19H18F2N2+2. The Bertz CT molecular complexity index is 819. The lowest BCUT2D eigenvalue weighted by molar-refractivity contribution is -0.660. The SMILES string of the molecule is Cc1c(-c2cccc[n+]2C)c(F)cc(F)c1-c1cccc[n+]1C. The lowest BCUT2D eigenvalue weighted by atomic mass is 9.95. The van der Waals surface area contributed by atoms with Crippen molar-refractivity contribution >= 4 is 0 Å². The fourth-order valence-corrected chi connectivity index (χ4v) is 2.93. The number of benzene rings is 1. The Morgan fingerprint density at radius 3 is 1.57 bits per heavy atom. The Kier molecular flexibility index (Phi) is 3.90. The Hall–Kier alpha value is -2.62. The molecule has 0 radical (unpaired) electrons. The molecular weight excluding hydrogens is 294 g/mol. The van der Waals surface area contributed by atoms with E-state index in [9.17, 15) is 8.78 Å². The highest BCUT2D eigenvalue weighted by Crippen LogP contribution is 2.33. The van der Waals surface area contributed by atoms with Gasteiger partial charge in [-0.25, -0.2) is 17.9 Å². The first-order chi connectivity index (χ1) is 11.0. The molecule has 0 bridgehead atoms. The molecule has 1 aromatic carbocycles. The van der Waals surface area contributed by atoms with Crippen molar-refractivity contribution in [3.05, 3.63) is 72.1 Å². The molecule has 0 atom stereocenters. The van der Waals surface area contributed by atoms with Gasteiger partial charge in [-0.1, -0.05) is 0 Å². The highest BCUT2D eigenvalue weighted by atomic mass is 19.1. The third-order valence-corrected chi connectivity index (χ3v) is 4.10. The van der Waals surface area contributed by atoms with E-state index in [4.69, 9.17) is 0 Å². The molecule has 0 saturated carbocycles. The number of hydrogen-bond donors (Lipinski definition) is 0. The van der Waals surface area contributed by atoms with Crippen LogP contribution in [-0.2, 0) is 14.1 Å². The van der Waals surface area contributed by atoms with Crippen molar-refractivity contribution in [2.45, 2.75) is 6.92 Å². The second-order valence-corrected chi connectivity index (χ2v) is 5.61. The Labute approximate surface area is 134 Å². The van der Waals surface area contributed by atoms with Crippen LogP contribution in [0.3, 0.4) is 0 Å². The van der Waals surface area contributed by atoms with Gasteiger partial charge in [-0.05, 0) is 24.6 Å². The molecule has 3 rings (SSSR count). The van der Waals surface area contributed by atoms with Gasteiger partial charge in [-0.2, -0.15) is 0 Å². The number of hydrogen-bond acceptors (Lipinski definition) is 0. The molecule has 23 heavy (non-hydrogen) atoms. The second-order valence-electron chi connectivity index (χ2n) is 5.61. The van der Waals surface area contributed by atoms with Crippen LogP contribution in [0.4, 0.5) is 8.78 Å². The minimum absolute atomic E-state index is 0.424. The molecule has 3 aromatic rings. The van der Waals surface area contributed by atoms with E-state index in [-0.39, 0.29) is 0 Å². The molecule has 0 aliphatic heterocycles. The van der Waals surface area contributed by atoms with Gasteiger partial charge in [0.05, 0.1) is 11.1 Å². The number of halogens is 2. The van der Waals surface area contributed by atoms with E-state index >= 15 is 0 Å². The van der Waals surface area contributed by atoms with E-state index in [1.807, 2.05) is 72.0 Å². The lowest BCUT2D eigenvalue weighted by Crippen LogP contribution is -2.32. The first-order valence-corrected chi connectivity index (χ1v) is 7.39. The van der Waals surface area contributed by atoms with E-state index in [0.29, 0.717) is 28.1 Å². The van der Waals surface area contributed by atoms with Gasteiger partial charge >= 0.3 is 0 Å². The van der Waals surface area contributed by atoms with Crippen LogP contribution in [0.1, 0.15) is 5.56 Å². The van der Waals surface area contributed by atoms with E-state index in [0.717, 1.165) is 6.07 Å². The molecule has 2 heterocycles. The average molecular weight is 312 g/mol. The molecule has 0 aliphatic carbocycles. The van der Waals surface area contributed by atoms with Crippen LogP contribution >= 0.6 is 0 Å². The zero-order chi connectivity index (χ0) is 16.6. The molecule has 0 unspecified atom stereocenters. The van der Waals surface area contributed by atoms with Crippen LogP contribution in [0, 0.1) is 18.6 Å². The summed E-state index contributed by atoms with van der Waals surface area (Å²) in [5.74, 6) is -1.10. The summed E-state index contributed by atoms with van der Waals surface area (Å²) in [7, 11) is 3.69. The molecule has 2 aromatic heterocycles. The Morgan fingerprint density at radius 1 is 0.739 bits per heavy atom. The summed E-state index contributed by atoms with van der Waals surface area (Å²) < 4.78 is 32.7. The van der Waals surface area contributed by atoms with Crippen molar-refractivity contribution in [1.29, 1.82) is 0 Å². The van der Waals surface area contributed by atoms with E-state index < -0.39 is 11.6 Å². The quantitative estimate of drug-likeness (QED) is 0.642. The molecule has 0 aliphatic rings. The smallest absolute Gasteiger partial charge is 0.206 e. The van der Waals surface area contributed by atoms with Crippen LogP contribution in [0.25, 0.3) is 22.5 Å². The van der Waals surface area contributed by atoms with Gasteiger partial charge in [0.15, 0.2) is 12.4 Å². The summed E-state index contributed by atoms with van der Waals surface area (Å²) in [6.45, 7) is 1.76. The number of rotatable bonds is 2. The number of pyridine rings is 2. The summed E-state index contributed by atoms with van der Waals surface area (Å²) in [6.07, 6.45) is 3.69. The summed E-state index contributed by atoms with van der Waals surface area (Å²) >= 11 is 0. The van der Waals surface area contributed by atoms with Crippen LogP contribution in [-0.4, -0.2) is 0 Å². The zero-order valence-electron chi connectivity index (χ0n) is 13.3. The van der Waals surface area contributed by atoms with E-state index in [2.05, 4.69) is 0 Å². The summed E-state index contributed by atoms with van der Waals surface area (Å²) in [5.41, 5.74) is 2.86. The summed E-state index contributed by atoms with van der Waals surface area (Å²) in [5, 5.41) is 0. The standard InChI is InChI=1S/C19H18F2N2/c1-13-18(16-8-4-6-10-22(16)2)14(20)12-15(21)19(13)17-9-5-7-11-23(17)3/h4-12H,1-3H3/q+2. The third-order valence-electron chi connectivity index (χ3n) is 4.10. The fraction of sp³-hybridized carbons (Fsp3) is 0.158. The zero-order valence-corrected chi connectivity index (χ0v) is 13.3. The summed E-state index contributed by atoms with van der Waals surface area (Å²) in [6, 6.07) is 12.1. The Balaban J connectivity index is 2.35. The highest BCUT2D eigenvalue weighted by Gasteiger charge is 2.26. The van der Waals surface area contributed by atoms with Gasteiger partial charge in [-0.3, -0.25) is 0 Å². The van der Waals surface area contributed by atoms with Crippen molar-refractivity contribution in [3.63, 3.8) is 0 Å². The minimum Gasteiger partial charge on any atom is -0.206 e. The maximum atomic E-state index is 14.5. The third kappa shape index (κ3) is 2.61. The number of aryl methyl sites for hydroxylation is 2. The van der Waals surface area contributed by atoms with Gasteiger partial charge in [0.25, 0.3) is 0 Å². The molecule has 0 saturated heterocycles. The molecule has 0 N–H and O–H groups in total. The van der Waals surface area contributed by atoms with Gasteiger partial charge in [0.1, 0.15) is 25.7 Å². The van der Waals surface area contributed by atoms with E-state index in [1.54, 1.807) is 6.92 Å². The van der Waals surface area contributed by atoms with Crippen LogP contribution in [0.15, 0.2) is 54.9 Å². The first kappa shape index (κ1) is 15.3. The minimum atomic E-state index is -0.552. The fourth-order valence-electron chi connectivity index (χ4n) is 2.93. The second kappa shape index (κ2) is 5.88. The molecule has 116 valence electrons. The van der Waals surface area contributed by atoms with Crippen molar-refractivity contribution in [1.82, 2.24) is 0 Å². The summed E-state index contributed by atoms with van der Waals surface area (Å²) in [4.78, 5) is 0. The Morgan fingerprint density at radius 2 is 1.17 bits per heavy atom. The molecule has 2 nitrogen and oxygen atoms in total.